The molecule has 3 heterocycles. The molecule has 5 rings (SSSR count). The lowest BCUT2D eigenvalue weighted by molar-refractivity contribution is 0.103. The number of oxazole rings is 1. The van der Waals surface area contributed by atoms with Gasteiger partial charge in [0.2, 0.25) is 5.89 Å². The third-order valence-electron chi connectivity index (χ3n) is 4.65. The van der Waals surface area contributed by atoms with Crippen molar-refractivity contribution >= 4 is 67.4 Å². The number of nitrogens with one attached hydrogen (secondary N) is 1. The van der Waals surface area contributed by atoms with Crippen LogP contribution in [0.4, 0.5) is 5.69 Å². The second kappa shape index (κ2) is 7.85. The van der Waals surface area contributed by atoms with Crippen molar-refractivity contribution in [2.24, 2.45) is 0 Å². The number of carbonyl (C=O) groups excluding carboxylic acids is 1. The number of pyridine rings is 1. The average Bonchev–Trinajstić information content (AvgIpc) is 3.35. The van der Waals surface area contributed by atoms with Gasteiger partial charge in [0, 0.05) is 21.8 Å². The minimum absolute atomic E-state index is 0.299. The highest BCUT2D eigenvalue weighted by molar-refractivity contribution is 7.21. The lowest BCUT2D eigenvalue weighted by Crippen LogP contribution is -2.12. The number of anilines is 1. The van der Waals surface area contributed by atoms with E-state index < -0.39 is 0 Å². The predicted octanol–water partition coefficient (Wildman–Crippen LogP) is 6.67. The van der Waals surface area contributed by atoms with Crippen LogP contribution in [-0.4, -0.2) is 23.0 Å². The van der Waals surface area contributed by atoms with Gasteiger partial charge in [0.1, 0.15) is 4.88 Å². The maximum atomic E-state index is 13.0. The second-order valence-electron chi connectivity index (χ2n) is 6.58. The molecule has 1 amide bonds. The molecule has 2 aromatic carbocycles. The lowest BCUT2D eigenvalue weighted by Gasteiger charge is -2.13. The van der Waals surface area contributed by atoms with Crippen LogP contribution in [0.5, 0.6) is 5.75 Å². The third-order valence-corrected chi connectivity index (χ3v) is 6.60. The molecule has 5 aromatic rings. The number of rotatable bonds is 4. The molecule has 1 N–H and O–H groups in total. The van der Waals surface area contributed by atoms with Crippen LogP contribution in [0, 0.1) is 0 Å². The summed E-state index contributed by atoms with van der Waals surface area (Å²) in [7, 11) is 1.48. The molecule has 154 valence electrons. The Morgan fingerprint density at radius 2 is 2.00 bits per heavy atom. The number of halogens is 2. The summed E-state index contributed by atoms with van der Waals surface area (Å²) < 4.78 is 12.1. The fourth-order valence-electron chi connectivity index (χ4n) is 3.25. The number of nitrogens with zero attached hydrogens (tertiary/aromatic N) is 2. The quantitative estimate of drug-likeness (QED) is 0.317. The molecule has 0 atom stereocenters. The van der Waals surface area contributed by atoms with Crippen molar-refractivity contribution in [3.63, 3.8) is 0 Å². The number of aromatic nitrogens is 2. The molecule has 0 aliphatic heterocycles. The zero-order chi connectivity index (χ0) is 21.5. The van der Waals surface area contributed by atoms with Crippen molar-refractivity contribution in [1.82, 2.24) is 9.97 Å². The first-order valence-electron chi connectivity index (χ1n) is 9.13. The molecule has 31 heavy (non-hydrogen) atoms. The molecule has 0 saturated heterocycles. The van der Waals surface area contributed by atoms with Crippen LogP contribution >= 0.6 is 34.5 Å². The summed E-state index contributed by atoms with van der Waals surface area (Å²) in [4.78, 5) is 22.0. The molecule has 3 aromatic heterocycles. The van der Waals surface area contributed by atoms with Crippen LogP contribution < -0.4 is 10.1 Å². The van der Waals surface area contributed by atoms with Gasteiger partial charge < -0.3 is 14.5 Å². The largest absolute Gasteiger partial charge is 0.493 e. The summed E-state index contributed by atoms with van der Waals surface area (Å²) in [5.41, 5.74) is 1.97. The van der Waals surface area contributed by atoms with Crippen LogP contribution in [-0.2, 0) is 0 Å². The Balaban J connectivity index is 1.56. The van der Waals surface area contributed by atoms with Gasteiger partial charge >= 0.3 is 0 Å². The van der Waals surface area contributed by atoms with Gasteiger partial charge in [-0.25, -0.2) is 4.98 Å². The Bertz CT molecular complexity index is 1430. The van der Waals surface area contributed by atoms with Crippen LogP contribution in [0.2, 0.25) is 10.0 Å². The van der Waals surface area contributed by atoms with E-state index in [1.165, 1.54) is 18.4 Å². The number of ether oxygens (including phenoxy) is 1. The molecule has 0 saturated carbocycles. The predicted molar refractivity (Wildman–Crippen MR) is 124 cm³/mol. The van der Waals surface area contributed by atoms with Gasteiger partial charge in [-0.15, -0.1) is 11.3 Å². The number of fused-ring (bicyclic) bond motifs is 2. The molecule has 0 aliphatic rings. The van der Waals surface area contributed by atoms with E-state index in [0.29, 0.717) is 49.0 Å². The van der Waals surface area contributed by atoms with Crippen LogP contribution in [0.15, 0.2) is 59.1 Å². The van der Waals surface area contributed by atoms with Crippen LogP contribution in [0.25, 0.3) is 32.8 Å². The summed E-state index contributed by atoms with van der Waals surface area (Å²) in [6.45, 7) is 0. The Morgan fingerprint density at radius 1 is 1.16 bits per heavy atom. The molecule has 0 aliphatic carbocycles. The molecular formula is C22H13Cl2N3O3S. The number of methoxy groups -OCH3 is 1. The maximum Gasteiger partial charge on any atom is 0.267 e. The topological polar surface area (TPSA) is 77.2 Å². The van der Waals surface area contributed by atoms with E-state index in [9.17, 15) is 4.79 Å². The monoisotopic (exact) mass is 469 g/mol. The number of hydrogen-bond acceptors (Lipinski definition) is 6. The fourth-order valence-corrected chi connectivity index (χ4v) is 4.96. The Hall–Kier alpha value is -3.13. The average molecular weight is 470 g/mol. The molecule has 6 nitrogen and oxygen atoms in total. The number of thiophene rings is 1. The fraction of sp³-hybridized carbons (Fsp3) is 0.0455. The number of benzene rings is 2. The van der Waals surface area contributed by atoms with E-state index in [2.05, 4.69) is 15.3 Å². The highest BCUT2D eigenvalue weighted by Gasteiger charge is 2.21. The van der Waals surface area contributed by atoms with Crippen LogP contribution in [0.3, 0.4) is 0 Å². The van der Waals surface area contributed by atoms with E-state index in [-0.39, 0.29) is 5.91 Å². The van der Waals surface area contributed by atoms with Gasteiger partial charge in [0.05, 0.1) is 22.8 Å². The van der Waals surface area contributed by atoms with E-state index in [0.717, 1.165) is 10.1 Å². The second-order valence-corrected chi connectivity index (χ2v) is 8.42. The summed E-state index contributed by atoms with van der Waals surface area (Å²) in [5.74, 6) is 0.288. The third kappa shape index (κ3) is 3.50. The first-order valence-corrected chi connectivity index (χ1v) is 10.7. The van der Waals surface area contributed by atoms with Crippen LogP contribution in [0.1, 0.15) is 9.67 Å². The molecule has 0 unspecified atom stereocenters. The van der Waals surface area contributed by atoms with E-state index in [1.54, 1.807) is 30.5 Å². The SMILES string of the molecule is COc1c(Cl)cc(-c2nc3ncccc3o2)cc1NC(=O)c1sc2ccccc2c1Cl. The smallest absolute Gasteiger partial charge is 0.267 e. The van der Waals surface area contributed by atoms with E-state index in [1.807, 2.05) is 24.3 Å². The molecule has 0 spiro atoms. The number of carbonyl (C=O) groups is 1. The molecule has 0 bridgehead atoms. The number of amides is 1. The van der Waals surface area contributed by atoms with Gasteiger partial charge in [-0.05, 0) is 30.3 Å². The maximum absolute atomic E-state index is 13.0. The summed E-state index contributed by atoms with van der Waals surface area (Å²) >= 11 is 14.2. The van der Waals surface area contributed by atoms with E-state index in [4.69, 9.17) is 32.4 Å². The van der Waals surface area contributed by atoms with Crippen molar-refractivity contribution in [2.45, 2.75) is 0 Å². The first-order chi connectivity index (χ1) is 15.0. The Kier molecular flexibility index (Phi) is 5.02. The Morgan fingerprint density at radius 3 is 2.77 bits per heavy atom. The molecular weight excluding hydrogens is 457 g/mol. The minimum atomic E-state index is -0.364. The number of hydrogen-bond donors (Lipinski definition) is 1. The summed E-state index contributed by atoms with van der Waals surface area (Å²) in [6, 6.07) is 14.5. The van der Waals surface area contributed by atoms with Crippen molar-refractivity contribution in [3.8, 4) is 17.2 Å². The van der Waals surface area contributed by atoms with Crippen molar-refractivity contribution < 1.29 is 13.9 Å². The van der Waals surface area contributed by atoms with Gasteiger partial charge in [-0.3, -0.25) is 4.79 Å². The summed E-state index contributed by atoms with van der Waals surface area (Å²) in [5, 5.41) is 4.39. The zero-order valence-corrected chi connectivity index (χ0v) is 18.3. The summed E-state index contributed by atoms with van der Waals surface area (Å²) in [6.07, 6.45) is 1.63. The van der Waals surface area contributed by atoms with Gasteiger partial charge in [0.15, 0.2) is 17.0 Å². The van der Waals surface area contributed by atoms with Crippen molar-refractivity contribution in [3.05, 3.63) is 69.7 Å². The first kappa shape index (κ1) is 19.8. The normalized spacial score (nSPS) is 11.2. The highest BCUT2D eigenvalue weighted by atomic mass is 35.5. The van der Waals surface area contributed by atoms with Gasteiger partial charge in [-0.1, -0.05) is 41.4 Å². The van der Waals surface area contributed by atoms with Crippen molar-refractivity contribution in [1.29, 1.82) is 0 Å². The zero-order valence-electron chi connectivity index (χ0n) is 16.0. The standard InChI is InChI=1S/C22H13Cl2N3O3S/c1-29-18-13(23)9-11(22-27-20-15(30-22)6-4-8-25-20)10-14(18)26-21(28)19-17(24)12-5-2-3-7-16(12)31-19/h2-10H,1H3,(H,26,28). The lowest BCUT2D eigenvalue weighted by atomic mass is 10.1. The molecule has 0 fully saturated rings. The molecule has 0 radical (unpaired) electrons. The van der Waals surface area contributed by atoms with Gasteiger partial charge in [-0.2, -0.15) is 4.98 Å². The highest BCUT2D eigenvalue weighted by Crippen LogP contribution is 2.40. The van der Waals surface area contributed by atoms with Gasteiger partial charge in [0.25, 0.3) is 5.91 Å². The van der Waals surface area contributed by atoms with E-state index >= 15 is 0 Å². The minimum Gasteiger partial charge on any atom is -0.493 e. The van der Waals surface area contributed by atoms with Crippen molar-refractivity contribution in [2.75, 3.05) is 12.4 Å². The molecule has 9 heteroatoms. The Labute approximate surface area is 190 Å².